The fraction of sp³-hybridized carbons (Fsp3) is 0.0500. The van der Waals surface area contributed by atoms with E-state index in [4.69, 9.17) is 11.6 Å². The Bertz CT molecular complexity index is 1230. The van der Waals surface area contributed by atoms with E-state index in [1.54, 1.807) is 12.1 Å². The molecule has 0 aliphatic carbocycles. The Hall–Kier alpha value is -3.43. The maximum atomic E-state index is 12.6. The molecular weight excluding hydrogens is 430 g/mol. The molecule has 0 heterocycles. The van der Waals surface area contributed by atoms with Crippen LogP contribution in [0.5, 0.6) is 0 Å². The highest BCUT2D eigenvalue weighted by Gasteiger charge is 2.23. The van der Waals surface area contributed by atoms with Crippen LogP contribution in [-0.2, 0) is 10.0 Å². The number of sulfonamides is 1. The van der Waals surface area contributed by atoms with Gasteiger partial charge in [0.05, 0.1) is 9.82 Å². The van der Waals surface area contributed by atoms with E-state index >= 15 is 0 Å². The van der Waals surface area contributed by atoms with Crippen molar-refractivity contribution in [3.8, 4) is 0 Å². The van der Waals surface area contributed by atoms with Crippen molar-refractivity contribution in [3.05, 3.63) is 93.0 Å². The molecule has 0 fully saturated rings. The number of aryl methyl sites for hydroxylation is 1. The molecular formula is C20H16ClN3O5S. The normalized spacial score (nSPS) is 11.0. The highest BCUT2D eigenvalue weighted by atomic mass is 35.5. The monoisotopic (exact) mass is 445 g/mol. The molecule has 0 aliphatic rings. The van der Waals surface area contributed by atoms with Crippen molar-refractivity contribution in [2.24, 2.45) is 0 Å². The standard InChI is InChI=1S/C20H16ClN3O5S/c1-13-4-2-7-18(19(13)24(26)27)20(25)22-16-5-3-6-17(12-16)30(28,29)23-15-10-8-14(21)9-11-15/h2-12,23H,1H3,(H,22,25). The van der Waals surface area contributed by atoms with E-state index in [-0.39, 0.29) is 21.8 Å². The molecule has 0 saturated carbocycles. The number of nitro benzene ring substituents is 1. The Labute approximate surface area is 177 Å². The van der Waals surface area contributed by atoms with Crippen LogP contribution in [0.15, 0.2) is 71.6 Å². The van der Waals surface area contributed by atoms with Gasteiger partial charge in [0.25, 0.3) is 21.6 Å². The molecule has 3 rings (SSSR count). The third kappa shape index (κ3) is 4.76. The molecule has 1 amide bonds. The van der Waals surface area contributed by atoms with Crippen LogP contribution >= 0.6 is 11.6 Å². The maximum absolute atomic E-state index is 12.6. The van der Waals surface area contributed by atoms with Gasteiger partial charge in [0.15, 0.2) is 0 Å². The Morgan fingerprint density at radius 1 is 1.00 bits per heavy atom. The molecule has 0 saturated heterocycles. The number of rotatable bonds is 6. The summed E-state index contributed by atoms with van der Waals surface area (Å²) in [5.41, 5.74) is 0.422. The molecule has 2 N–H and O–H groups in total. The van der Waals surface area contributed by atoms with Crippen molar-refractivity contribution < 1.29 is 18.1 Å². The molecule has 0 atom stereocenters. The quantitative estimate of drug-likeness (QED) is 0.424. The lowest BCUT2D eigenvalue weighted by Crippen LogP contribution is -2.16. The smallest absolute Gasteiger partial charge is 0.285 e. The van der Waals surface area contributed by atoms with Crippen LogP contribution in [0.4, 0.5) is 17.1 Å². The van der Waals surface area contributed by atoms with Gasteiger partial charge < -0.3 is 5.32 Å². The Morgan fingerprint density at radius 3 is 2.33 bits per heavy atom. The van der Waals surface area contributed by atoms with Gasteiger partial charge in [0.1, 0.15) is 5.56 Å². The lowest BCUT2D eigenvalue weighted by atomic mass is 10.1. The maximum Gasteiger partial charge on any atom is 0.285 e. The number of carbonyl (C=O) groups excluding carboxylic acids is 1. The first-order chi connectivity index (χ1) is 14.2. The van der Waals surface area contributed by atoms with Gasteiger partial charge in [-0.1, -0.05) is 29.8 Å². The molecule has 8 nitrogen and oxygen atoms in total. The molecule has 3 aromatic rings. The zero-order valence-electron chi connectivity index (χ0n) is 15.6. The van der Waals surface area contributed by atoms with Gasteiger partial charge >= 0.3 is 0 Å². The lowest BCUT2D eigenvalue weighted by molar-refractivity contribution is -0.385. The number of nitrogens with zero attached hydrogens (tertiary/aromatic N) is 1. The molecule has 154 valence electrons. The van der Waals surface area contributed by atoms with Crippen molar-refractivity contribution in [2.75, 3.05) is 10.0 Å². The first-order valence-corrected chi connectivity index (χ1v) is 10.5. The average molecular weight is 446 g/mol. The summed E-state index contributed by atoms with van der Waals surface area (Å²) < 4.78 is 27.7. The minimum absolute atomic E-state index is 0.0889. The van der Waals surface area contributed by atoms with Gasteiger partial charge in [-0.2, -0.15) is 0 Å². The number of amides is 1. The van der Waals surface area contributed by atoms with Crippen molar-refractivity contribution in [1.29, 1.82) is 0 Å². The molecule has 0 unspecified atom stereocenters. The second-order valence-electron chi connectivity index (χ2n) is 6.32. The van der Waals surface area contributed by atoms with E-state index in [9.17, 15) is 23.3 Å². The van der Waals surface area contributed by atoms with Crippen LogP contribution in [0, 0.1) is 17.0 Å². The number of nitro groups is 1. The summed E-state index contributed by atoms with van der Waals surface area (Å²) >= 11 is 5.80. The topological polar surface area (TPSA) is 118 Å². The van der Waals surface area contributed by atoms with Gasteiger partial charge in [-0.25, -0.2) is 8.42 Å². The molecule has 0 aliphatic heterocycles. The van der Waals surface area contributed by atoms with Gasteiger partial charge in [-0.3, -0.25) is 19.6 Å². The molecule has 30 heavy (non-hydrogen) atoms. The number of hydrogen-bond acceptors (Lipinski definition) is 5. The molecule has 0 bridgehead atoms. The number of hydrogen-bond donors (Lipinski definition) is 2. The fourth-order valence-corrected chi connectivity index (χ4v) is 3.99. The number of nitrogens with one attached hydrogen (secondary N) is 2. The van der Waals surface area contributed by atoms with Crippen molar-refractivity contribution >= 4 is 44.6 Å². The van der Waals surface area contributed by atoms with E-state index in [0.717, 1.165) is 0 Å². The van der Waals surface area contributed by atoms with Crippen molar-refractivity contribution in [3.63, 3.8) is 0 Å². The number of anilines is 2. The third-order valence-corrected chi connectivity index (χ3v) is 5.79. The molecule has 0 radical (unpaired) electrons. The summed E-state index contributed by atoms with van der Waals surface area (Å²) in [5.74, 6) is -0.717. The minimum atomic E-state index is -3.93. The van der Waals surface area contributed by atoms with Gasteiger partial charge in [0.2, 0.25) is 0 Å². The van der Waals surface area contributed by atoms with Crippen LogP contribution in [0.3, 0.4) is 0 Å². The minimum Gasteiger partial charge on any atom is -0.322 e. The van der Waals surface area contributed by atoms with E-state index in [0.29, 0.717) is 16.3 Å². The summed E-state index contributed by atoms with van der Waals surface area (Å²) in [4.78, 5) is 23.2. The summed E-state index contributed by atoms with van der Waals surface area (Å²) in [6.07, 6.45) is 0. The van der Waals surface area contributed by atoms with Crippen LogP contribution < -0.4 is 10.0 Å². The first-order valence-electron chi connectivity index (χ1n) is 8.61. The zero-order valence-corrected chi connectivity index (χ0v) is 17.2. The van der Waals surface area contributed by atoms with Crippen LogP contribution in [0.2, 0.25) is 5.02 Å². The van der Waals surface area contributed by atoms with E-state index in [2.05, 4.69) is 10.0 Å². The fourth-order valence-electron chi connectivity index (χ4n) is 2.76. The Kier molecular flexibility index (Phi) is 6.04. The number of benzene rings is 3. The van der Waals surface area contributed by atoms with E-state index < -0.39 is 20.9 Å². The van der Waals surface area contributed by atoms with Crippen LogP contribution in [0.25, 0.3) is 0 Å². The Balaban J connectivity index is 1.85. The predicted octanol–water partition coefficient (Wildman–Crippen LogP) is 4.61. The second-order valence-corrected chi connectivity index (χ2v) is 8.44. The summed E-state index contributed by atoms with van der Waals surface area (Å²) in [6.45, 7) is 1.53. The van der Waals surface area contributed by atoms with Crippen molar-refractivity contribution in [1.82, 2.24) is 0 Å². The van der Waals surface area contributed by atoms with Crippen LogP contribution in [-0.4, -0.2) is 19.2 Å². The second kappa shape index (κ2) is 8.52. The van der Waals surface area contributed by atoms with Crippen molar-refractivity contribution in [2.45, 2.75) is 11.8 Å². The van der Waals surface area contributed by atoms with Gasteiger partial charge in [-0.05, 0) is 55.5 Å². The lowest BCUT2D eigenvalue weighted by Gasteiger charge is -2.11. The van der Waals surface area contributed by atoms with Crippen LogP contribution in [0.1, 0.15) is 15.9 Å². The first kappa shape index (κ1) is 21.3. The zero-order chi connectivity index (χ0) is 21.9. The van der Waals surface area contributed by atoms with Gasteiger partial charge in [0, 0.05) is 22.0 Å². The molecule has 10 heteroatoms. The van der Waals surface area contributed by atoms with Gasteiger partial charge in [-0.15, -0.1) is 0 Å². The molecule has 3 aromatic carbocycles. The number of halogens is 1. The number of carbonyl (C=O) groups is 1. The van der Waals surface area contributed by atoms with E-state index in [1.807, 2.05) is 0 Å². The van der Waals surface area contributed by atoms with E-state index in [1.165, 1.54) is 61.5 Å². The largest absolute Gasteiger partial charge is 0.322 e. The highest BCUT2D eigenvalue weighted by molar-refractivity contribution is 7.92. The SMILES string of the molecule is Cc1cccc(C(=O)Nc2cccc(S(=O)(=O)Nc3ccc(Cl)cc3)c2)c1[N+](=O)[O-]. The average Bonchev–Trinajstić information content (AvgIpc) is 2.69. The summed E-state index contributed by atoms with van der Waals surface area (Å²) in [5, 5.41) is 14.3. The Morgan fingerprint density at radius 2 is 1.67 bits per heavy atom. The third-order valence-electron chi connectivity index (χ3n) is 4.16. The highest BCUT2D eigenvalue weighted by Crippen LogP contribution is 2.25. The molecule has 0 spiro atoms. The summed E-state index contributed by atoms with van der Waals surface area (Å²) in [7, 11) is -3.93. The summed E-state index contributed by atoms with van der Waals surface area (Å²) in [6, 6.07) is 16.1. The predicted molar refractivity (Wildman–Crippen MR) is 114 cm³/mol. The number of para-hydroxylation sites is 1. The molecule has 0 aromatic heterocycles.